The Balaban J connectivity index is 2.15. The summed E-state index contributed by atoms with van der Waals surface area (Å²) in [5, 5.41) is 9.93. The number of nitrogens with zero attached hydrogens (tertiary/aromatic N) is 2. The van der Waals surface area contributed by atoms with E-state index in [2.05, 4.69) is 20.5 Å². The second-order valence-electron chi connectivity index (χ2n) is 4.02. The van der Waals surface area contributed by atoms with Gasteiger partial charge in [-0.1, -0.05) is 17.7 Å². The number of sulfone groups is 1. The van der Waals surface area contributed by atoms with Crippen LogP contribution < -0.4 is 5.32 Å². The second kappa shape index (κ2) is 5.68. The zero-order valence-electron chi connectivity index (χ0n) is 10.2. The lowest BCUT2D eigenvalue weighted by molar-refractivity contribution is 0.597. The zero-order valence-corrected chi connectivity index (χ0v) is 11.8. The first kappa shape index (κ1) is 14.0. The van der Waals surface area contributed by atoms with E-state index in [9.17, 15) is 8.42 Å². The van der Waals surface area contributed by atoms with E-state index in [1.165, 1.54) is 12.6 Å². The van der Waals surface area contributed by atoms with Crippen LogP contribution in [-0.2, 0) is 22.9 Å². The van der Waals surface area contributed by atoms with Crippen LogP contribution >= 0.6 is 11.6 Å². The molecule has 0 unspecified atom stereocenters. The third-order valence-electron chi connectivity index (χ3n) is 2.53. The molecule has 1 aromatic carbocycles. The maximum absolute atomic E-state index is 11.7. The Bertz CT molecular complexity index is 655. The Kier molecular flexibility index (Phi) is 4.18. The Labute approximate surface area is 116 Å². The molecular formula is C11H13ClN4O2S. The Morgan fingerprint density at radius 3 is 2.79 bits per heavy atom. The largest absolute Gasteiger partial charge is 0.306 e. The minimum atomic E-state index is -3.30. The quantitative estimate of drug-likeness (QED) is 0.865. The summed E-state index contributed by atoms with van der Waals surface area (Å²) in [6.07, 6.45) is 2.58. The number of rotatable bonds is 5. The van der Waals surface area contributed by atoms with Crippen LogP contribution in [0.3, 0.4) is 0 Å². The van der Waals surface area contributed by atoms with Crippen molar-refractivity contribution >= 4 is 21.4 Å². The van der Waals surface area contributed by atoms with Crippen molar-refractivity contribution < 1.29 is 8.42 Å². The van der Waals surface area contributed by atoms with Crippen LogP contribution in [0.1, 0.15) is 11.4 Å². The van der Waals surface area contributed by atoms with Gasteiger partial charge in [0.15, 0.2) is 9.84 Å². The Morgan fingerprint density at radius 2 is 2.16 bits per heavy atom. The van der Waals surface area contributed by atoms with Crippen LogP contribution in [0.15, 0.2) is 29.4 Å². The third kappa shape index (κ3) is 3.52. The number of hydrogen-bond acceptors (Lipinski definition) is 5. The number of halogens is 1. The highest BCUT2D eigenvalue weighted by molar-refractivity contribution is 7.90. The molecule has 0 atom stereocenters. The molecule has 2 N–H and O–H groups in total. The van der Waals surface area contributed by atoms with E-state index in [4.69, 9.17) is 11.6 Å². The first-order chi connectivity index (χ1) is 8.98. The third-order valence-corrected chi connectivity index (χ3v) is 4.07. The van der Waals surface area contributed by atoms with Crippen molar-refractivity contribution in [3.05, 3.63) is 40.9 Å². The van der Waals surface area contributed by atoms with Crippen molar-refractivity contribution in [3.8, 4) is 0 Å². The van der Waals surface area contributed by atoms with Gasteiger partial charge < -0.3 is 5.32 Å². The number of hydrogen-bond donors (Lipinski definition) is 2. The monoisotopic (exact) mass is 300 g/mol. The first-order valence-corrected chi connectivity index (χ1v) is 7.78. The predicted octanol–water partition coefficient (Wildman–Crippen LogP) is 1.15. The molecule has 0 aliphatic carbocycles. The molecule has 2 rings (SSSR count). The molecular weight excluding hydrogens is 288 g/mol. The molecule has 0 fully saturated rings. The lowest BCUT2D eigenvalue weighted by Crippen LogP contribution is -2.16. The van der Waals surface area contributed by atoms with Crippen molar-refractivity contribution in [1.29, 1.82) is 0 Å². The normalized spacial score (nSPS) is 11.7. The van der Waals surface area contributed by atoms with E-state index in [1.54, 1.807) is 18.2 Å². The van der Waals surface area contributed by atoms with Crippen LogP contribution in [0.4, 0.5) is 0 Å². The fourth-order valence-electron chi connectivity index (χ4n) is 1.68. The van der Waals surface area contributed by atoms with Gasteiger partial charge in [-0.15, -0.1) is 0 Å². The maximum Gasteiger partial charge on any atom is 0.175 e. The number of benzene rings is 1. The van der Waals surface area contributed by atoms with Crippen LogP contribution in [0.5, 0.6) is 0 Å². The molecule has 1 heterocycles. The molecule has 102 valence electrons. The van der Waals surface area contributed by atoms with Crippen LogP contribution in [0.2, 0.25) is 5.02 Å². The fourth-order valence-corrected chi connectivity index (χ4v) is 2.93. The summed E-state index contributed by atoms with van der Waals surface area (Å²) < 4.78 is 23.4. The van der Waals surface area contributed by atoms with Crippen molar-refractivity contribution in [2.75, 3.05) is 6.26 Å². The van der Waals surface area contributed by atoms with Gasteiger partial charge in [0.2, 0.25) is 0 Å². The predicted molar refractivity (Wildman–Crippen MR) is 71.5 cm³/mol. The summed E-state index contributed by atoms with van der Waals surface area (Å²) in [6, 6.07) is 4.84. The summed E-state index contributed by atoms with van der Waals surface area (Å²) >= 11 is 6.06. The molecule has 0 spiro atoms. The van der Waals surface area contributed by atoms with E-state index in [0.29, 0.717) is 29.5 Å². The van der Waals surface area contributed by atoms with Gasteiger partial charge in [-0.2, -0.15) is 5.10 Å². The van der Waals surface area contributed by atoms with Crippen LogP contribution in [0.25, 0.3) is 0 Å². The molecule has 1 aromatic heterocycles. The van der Waals surface area contributed by atoms with Crippen molar-refractivity contribution in [3.63, 3.8) is 0 Å². The molecule has 19 heavy (non-hydrogen) atoms. The van der Waals surface area contributed by atoms with Crippen molar-refractivity contribution in [1.82, 2.24) is 20.5 Å². The minimum Gasteiger partial charge on any atom is -0.306 e. The number of aromatic nitrogens is 3. The Hall–Kier alpha value is -1.44. The van der Waals surface area contributed by atoms with Gasteiger partial charge in [0.05, 0.1) is 11.4 Å². The zero-order chi connectivity index (χ0) is 13.9. The summed E-state index contributed by atoms with van der Waals surface area (Å²) in [5.74, 6) is 0.674. The number of nitrogens with one attached hydrogen (secondary N) is 2. The van der Waals surface area contributed by atoms with E-state index < -0.39 is 9.84 Å². The molecule has 0 aliphatic rings. The summed E-state index contributed by atoms with van der Waals surface area (Å²) in [4.78, 5) is 4.20. The SMILES string of the molecule is CS(=O)(=O)c1cccc(Cl)c1CNCc1ncn[nH]1. The van der Waals surface area contributed by atoms with Gasteiger partial charge in [-0.3, -0.25) is 5.10 Å². The van der Waals surface area contributed by atoms with Crippen molar-refractivity contribution in [2.24, 2.45) is 0 Å². The van der Waals surface area contributed by atoms with E-state index in [1.807, 2.05) is 0 Å². The van der Waals surface area contributed by atoms with Crippen LogP contribution in [-0.4, -0.2) is 29.9 Å². The highest BCUT2D eigenvalue weighted by Gasteiger charge is 2.15. The molecule has 0 radical (unpaired) electrons. The number of H-pyrrole nitrogens is 1. The highest BCUT2D eigenvalue weighted by Crippen LogP contribution is 2.23. The molecule has 0 aliphatic heterocycles. The van der Waals surface area contributed by atoms with Gasteiger partial charge >= 0.3 is 0 Å². The van der Waals surface area contributed by atoms with E-state index in [0.717, 1.165) is 0 Å². The molecule has 0 saturated heterocycles. The topological polar surface area (TPSA) is 87.7 Å². The summed E-state index contributed by atoms with van der Waals surface area (Å²) in [7, 11) is -3.30. The Morgan fingerprint density at radius 1 is 1.37 bits per heavy atom. The van der Waals surface area contributed by atoms with Gasteiger partial charge in [0.25, 0.3) is 0 Å². The molecule has 0 bridgehead atoms. The fraction of sp³-hybridized carbons (Fsp3) is 0.273. The molecule has 2 aromatic rings. The molecule has 8 heteroatoms. The second-order valence-corrected chi connectivity index (χ2v) is 6.42. The molecule has 0 saturated carbocycles. The van der Waals surface area contributed by atoms with Gasteiger partial charge in [-0.05, 0) is 12.1 Å². The summed E-state index contributed by atoms with van der Waals surface area (Å²) in [5.41, 5.74) is 0.561. The van der Waals surface area contributed by atoms with Gasteiger partial charge in [-0.25, -0.2) is 13.4 Å². The van der Waals surface area contributed by atoms with Crippen LogP contribution in [0, 0.1) is 0 Å². The summed E-state index contributed by atoms with van der Waals surface area (Å²) in [6.45, 7) is 0.789. The smallest absolute Gasteiger partial charge is 0.175 e. The van der Waals surface area contributed by atoms with E-state index in [-0.39, 0.29) is 4.90 Å². The first-order valence-electron chi connectivity index (χ1n) is 5.51. The molecule has 0 amide bonds. The average molecular weight is 301 g/mol. The average Bonchev–Trinajstić information content (AvgIpc) is 2.82. The molecule has 6 nitrogen and oxygen atoms in total. The maximum atomic E-state index is 11.7. The van der Waals surface area contributed by atoms with Gasteiger partial charge in [0.1, 0.15) is 12.2 Å². The van der Waals surface area contributed by atoms with Crippen molar-refractivity contribution in [2.45, 2.75) is 18.0 Å². The highest BCUT2D eigenvalue weighted by atomic mass is 35.5. The minimum absolute atomic E-state index is 0.241. The standard InChI is InChI=1S/C11H13ClN4O2S/c1-19(17,18)10-4-2-3-9(12)8(10)5-13-6-11-14-7-15-16-11/h2-4,7,13H,5-6H2,1H3,(H,14,15,16). The lowest BCUT2D eigenvalue weighted by Gasteiger charge is -2.10. The lowest BCUT2D eigenvalue weighted by atomic mass is 10.2. The van der Waals surface area contributed by atoms with E-state index >= 15 is 0 Å². The number of aromatic amines is 1. The van der Waals surface area contributed by atoms with Gasteiger partial charge in [0, 0.05) is 23.4 Å².